The molecule has 0 radical (unpaired) electrons. The van der Waals surface area contributed by atoms with Gasteiger partial charge >= 0.3 is 0 Å². The summed E-state index contributed by atoms with van der Waals surface area (Å²) >= 11 is 0. The van der Waals surface area contributed by atoms with Gasteiger partial charge in [0.2, 0.25) is 0 Å². The number of aromatic nitrogens is 3. The number of nitrogens with zero attached hydrogens (tertiary/aromatic N) is 3. The molecule has 0 aliphatic rings. The molecule has 4 aromatic rings. The van der Waals surface area contributed by atoms with Gasteiger partial charge in [-0.1, -0.05) is 48.5 Å². The normalized spacial score (nSPS) is 11.0. The molecule has 0 N–H and O–H groups in total. The molecule has 4 rings (SSSR count). The summed E-state index contributed by atoms with van der Waals surface area (Å²) in [5, 5.41) is 0. The van der Waals surface area contributed by atoms with Crippen molar-refractivity contribution in [3.63, 3.8) is 0 Å². The maximum Gasteiger partial charge on any atom is 0.160 e. The predicted molar refractivity (Wildman–Crippen MR) is 92.3 cm³/mol. The zero-order valence-electron chi connectivity index (χ0n) is 13.1. The van der Waals surface area contributed by atoms with Crippen molar-refractivity contribution in [2.75, 3.05) is 0 Å². The Labute approximate surface area is 139 Å². The molecule has 0 fully saturated rings. The van der Waals surface area contributed by atoms with Gasteiger partial charge in [-0.25, -0.2) is 14.4 Å². The first kappa shape index (κ1) is 14.6. The molecule has 0 aliphatic carbocycles. The van der Waals surface area contributed by atoms with Crippen LogP contribution in [0.25, 0.3) is 11.2 Å². The third kappa shape index (κ3) is 2.78. The highest BCUT2D eigenvalue weighted by molar-refractivity contribution is 5.71. The molecule has 0 saturated carbocycles. The van der Waals surface area contributed by atoms with Crippen molar-refractivity contribution >= 4 is 11.2 Å². The van der Waals surface area contributed by atoms with Crippen LogP contribution in [-0.2, 0) is 13.0 Å². The number of rotatable bonds is 4. The van der Waals surface area contributed by atoms with Crippen molar-refractivity contribution in [1.29, 1.82) is 0 Å². The molecule has 4 heteroatoms. The second-order valence-electron chi connectivity index (χ2n) is 5.71. The van der Waals surface area contributed by atoms with E-state index in [2.05, 4.69) is 17.1 Å². The molecule has 2 heterocycles. The Morgan fingerprint density at radius 3 is 2.50 bits per heavy atom. The smallest absolute Gasteiger partial charge is 0.160 e. The monoisotopic (exact) mass is 317 g/mol. The summed E-state index contributed by atoms with van der Waals surface area (Å²) < 4.78 is 16.1. The minimum Gasteiger partial charge on any atom is -0.308 e. The molecule has 0 unspecified atom stereocenters. The molecule has 0 aliphatic heterocycles. The Hall–Kier alpha value is -3.01. The lowest BCUT2D eigenvalue weighted by Gasteiger charge is -2.10. The molecule has 0 atom stereocenters. The van der Waals surface area contributed by atoms with Crippen molar-refractivity contribution in [2.24, 2.45) is 0 Å². The topological polar surface area (TPSA) is 30.7 Å². The predicted octanol–water partition coefficient (Wildman–Crippen LogP) is 4.21. The number of benzene rings is 2. The van der Waals surface area contributed by atoms with Crippen LogP contribution in [0.4, 0.5) is 4.39 Å². The number of hydrogen-bond donors (Lipinski definition) is 0. The van der Waals surface area contributed by atoms with Gasteiger partial charge < -0.3 is 4.57 Å². The Balaban J connectivity index is 1.80. The molecular weight excluding hydrogens is 301 g/mol. The first-order valence-electron chi connectivity index (χ1n) is 7.89. The maximum atomic E-state index is 14.1. The van der Waals surface area contributed by atoms with E-state index in [0.29, 0.717) is 18.5 Å². The van der Waals surface area contributed by atoms with E-state index in [1.165, 1.54) is 11.6 Å². The van der Waals surface area contributed by atoms with Gasteiger partial charge in [-0.3, -0.25) is 0 Å². The lowest BCUT2D eigenvalue weighted by atomic mass is 10.1. The first-order chi connectivity index (χ1) is 11.8. The third-order valence-electron chi connectivity index (χ3n) is 4.07. The summed E-state index contributed by atoms with van der Waals surface area (Å²) in [6.07, 6.45) is 2.43. The van der Waals surface area contributed by atoms with Gasteiger partial charge in [0.15, 0.2) is 5.65 Å². The Kier molecular flexibility index (Phi) is 3.79. The number of fused-ring (bicyclic) bond motifs is 1. The van der Waals surface area contributed by atoms with Crippen LogP contribution < -0.4 is 0 Å². The molecule has 0 spiro atoms. The molecule has 2 aromatic heterocycles. The second kappa shape index (κ2) is 6.24. The van der Waals surface area contributed by atoms with Gasteiger partial charge in [0, 0.05) is 18.2 Å². The largest absolute Gasteiger partial charge is 0.308 e. The highest BCUT2D eigenvalue weighted by Crippen LogP contribution is 2.19. The molecule has 3 nitrogen and oxygen atoms in total. The lowest BCUT2D eigenvalue weighted by Crippen LogP contribution is -2.08. The van der Waals surface area contributed by atoms with E-state index in [1.54, 1.807) is 18.3 Å². The van der Waals surface area contributed by atoms with Crippen LogP contribution in [0, 0.1) is 5.82 Å². The van der Waals surface area contributed by atoms with Crippen LogP contribution >= 0.6 is 0 Å². The zero-order valence-corrected chi connectivity index (χ0v) is 13.1. The molecule has 24 heavy (non-hydrogen) atoms. The molecule has 0 amide bonds. The van der Waals surface area contributed by atoms with E-state index >= 15 is 0 Å². The Morgan fingerprint density at radius 1 is 0.875 bits per heavy atom. The van der Waals surface area contributed by atoms with Crippen molar-refractivity contribution in [1.82, 2.24) is 14.5 Å². The van der Waals surface area contributed by atoms with E-state index < -0.39 is 0 Å². The fourth-order valence-corrected chi connectivity index (χ4v) is 2.88. The summed E-state index contributed by atoms with van der Waals surface area (Å²) in [7, 11) is 0. The van der Waals surface area contributed by atoms with E-state index in [4.69, 9.17) is 4.98 Å². The highest BCUT2D eigenvalue weighted by atomic mass is 19.1. The number of halogens is 1. The highest BCUT2D eigenvalue weighted by Gasteiger charge is 2.14. The minimum atomic E-state index is -0.207. The molecule has 2 aromatic carbocycles. The van der Waals surface area contributed by atoms with E-state index in [0.717, 1.165) is 17.0 Å². The van der Waals surface area contributed by atoms with E-state index in [-0.39, 0.29) is 5.82 Å². The number of imidazole rings is 1. The van der Waals surface area contributed by atoms with Gasteiger partial charge in [0.05, 0.1) is 6.54 Å². The van der Waals surface area contributed by atoms with Crippen molar-refractivity contribution in [3.8, 4) is 0 Å². The van der Waals surface area contributed by atoms with Gasteiger partial charge in [-0.05, 0) is 23.8 Å². The fourth-order valence-electron chi connectivity index (χ4n) is 2.88. The Morgan fingerprint density at radius 2 is 1.67 bits per heavy atom. The van der Waals surface area contributed by atoms with Crippen LogP contribution in [0.1, 0.15) is 17.0 Å². The van der Waals surface area contributed by atoms with Crippen molar-refractivity contribution < 1.29 is 4.39 Å². The maximum absolute atomic E-state index is 14.1. The SMILES string of the molecule is Fc1ccccc1Cn1c(Cc2ccccc2)nc2cccnc21. The fraction of sp³-hybridized carbons (Fsp3) is 0.100. The lowest BCUT2D eigenvalue weighted by molar-refractivity contribution is 0.597. The summed E-state index contributed by atoms with van der Waals surface area (Å²) in [6, 6.07) is 20.8. The average molecular weight is 317 g/mol. The molecule has 0 bridgehead atoms. The summed E-state index contributed by atoms with van der Waals surface area (Å²) in [5.74, 6) is 0.680. The zero-order chi connectivity index (χ0) is 16.4. The van der Waals surface area contributed by atoms with Crippen LogP contribution in [0.5, 0.6) is 0 Å². The summed E-state index contributed by atoms with van der Waals surface area (Å²) in [5.41, 5.74) is 3.42. The average Bonchev–Trinajstić information content (AvgIpc) is 2.95. The van der Waals surface area contributed by atoms with Gasteiger partial charge in [0.1, 0.15) is 17.2 Å². The number of pyridine rings is 1. The van der Waals surface area contributed by atoms with Crippen LogP contribution in [0.2, 0.25) is 0 Å². The van der Waals surface area contributed by atoms with Gasteiger partial charge in [-0.15, -0.1) is 0 Å². The number of hydrogen-bond acceptors (Lipinski definition) is 2. The molecule has 118 valence electrons. The second-order valence-corrected chi connectivity index (χ2v) is 5.71. The Bertz CT molecular complexity index is 977. The van der Waals surface area contributed by atoms with Crippen LogP contribution in [0.3, 0.4) is 0 Å². The molecule has 0 saturated heterocycles. The standard InChI is InChI=1S/C20H16FN3/c21-17-10-5-4-9-16(17)14-24-19(13-15-7-2-1-3-8-15)23-18-11-6-12-22-20(18)24/h1-12H,13-14H2. The quantitative estimate of drug-likeness (QED) is 0.564. The van der Waals surface area contributed by atoms with Crippen LogP contribution in [-0.4, -0.2) is 14.5 Å². The first-order valence-corrected chi connectivity index (χ1v) is 7.89. The third-order valence-corrected chi connectivity index (χ3v) is 4.07. The minimum absolute atomic E-state index is 0.207. The van der Waals surface area contributed by atoms with Gasteiger partial charge in [-0.2, -0.15) is 0 Å². The summed E-state index contributed by atoms with van der Waals surface area (Å²) in [4.78, 5) is 9.16. The van der Waals surface area contributed by atoms with E-state index in [9.17, 15) is 4.39 Å². The van der Waals surface area contributed by atoms with Crippen LogP contribution in [0.15, 0.2) is 72.9 Å². The van der Waals surface area contributed by atoms with E-state index in [1.807, 2.05) is 41.0 Å². The van der Waals surface area contributed by atoms with Crippen molar-refractivity contribution in [3.05, 3.63) is 95.7 Å². The van der Waals surface area contributed by atoms with Crippen molar-refractivity contribution in [2.45, 2.75) is 13.0 Å². The molecular formula is C20H16FN3. The summed E-state index contributed by atoms with van der Waals surface area (Å²) in [6.45, 7) is 0.419. The van der Waals surface area contributed by atoms with Gasteiger partial charge in [0.25, 0.3) is 0 Å².